The first-order valence-electron chi connectivity index (χ1n) is 9.40. The zero-order valence-corrected chi connectivity index (χ0v) is 16.2. The summed E-state index contributed by atoms with van der Waals surface area (Å²) in [4.78, 5) is 15.4. The van der Waals surface area contributed by atoms with Crippen molar-refractivity contribution in [2.24, 2.45) is 7.05 Å². The second-order valence-electron chi connectivity index (χ2n) is 7.43. The minimum atomic E-state index is 0.0726. The summed E-state index contributed by atoms with van der Waals surface area (Å²) in [5.74, 6) is 0. The molecule has 140 valence electrons. The fourth-order valence-corrected chi connectivity index (χ4v) is 3.75. The lowest BCUT2D eigenvalue weighted by Gasteiger charge is -2.32. The number of nitrogens with zero attached hydrogens (tertiary/aromatic N) is 3. The average molecular weight is 354 g/mol. The number of piperidine rings is 1. The van der Waals surface area contributed by atoms with Crippen LogP contribution in [0.4, 0.5) is 0 Å². The van der Waals surface area contributed by atoms with Crippen LogP contribution in [0.2, 0.25) is 0 Å². The van der Waals surface area contributed by atoms with Gasteiger partial charge in [-0.05, 0) is 51.9 Å². The third kappa shape index (κ3) is 4.00. The van der Waals surface area contributed by atoms with Crippen LogP contribution in [0.15, 0.2) is 47.3 Å². The van der Waals surface area contributed by atoms with Crippen LogP contribution in [0, 0.1) is 6.92 Å². The molecule has 2 heterocycles. The van der Waals surface area contributed by atoms with Crippen molar-refractivity contribution >= 4 is 0 Å². The molecule has 1 fully saturated rings. The highest BCUT2D eigenvalue weighted by Crippen LogP contribution is 2.14. The minimum absolute atomic E-state index is 0.0726. The van der Waals surface area contributed by atoms with Gasteiger partial charge in [-0.1, -0.05) is 30.4 Å². The SMILES string of the molecule is C=C(C)CN1CCC(NCc2c(C)n(C)n(-c3ccccc3)c2=O)CC1. The van der Waals surface area contributed by atoms with Crippen LogP contribution in [-0.2, 0) is 13.6 Å². The maximum Gasteiger partial charge on any atom is 0.276 e. The Hall–Kier alpha value is -2.11. The molecule has 0 saturated carbocycles. The zero-order chi connectivity index (χ0) is 18.7. The fourth-order valence-electron chi connectivity index (χ4n) is 3.75. The summed E-state index contributed by atoms with van der Waals surface area (Å²) in [6.45, 7) is 11.9. The molecule has 3 rings (SSSR count). The first kappa shape index (κ1) is 18.7. The van der Waals surface area contributed by atoms with E-state index in [0.29, 0.717) is 12.6 Å². The summed E-state index contributed by atoms with van der Waals surface area (Å²) in [5.41, 5.74) is 4.08. The van der Waals surface area contributed by atoms with Crippen LogP contribution in [0.3, 0.4) is 0 Å². The lowest BCUT2D eigenvalue weighted by molar-refractivity contribution is 0.211. The van der Waals surface area contributed by atoms with Crippen LogP contribution in [0.25, 0.3) is 5.69 Å². The minimum Gasteiger partial charge on any atom is -0.310 e. The molecule has 0 aliphatic carbocycles. The molecule has 0 spiro atoms. The molecule has 2 aromatic rings. The third-order valence-corrected chi connectivity index (χ3v) is 5.32. The van der Waals surface area contributed by atoms with Crippen LogP contribution < -0.4 is 10.9 Å². The van der Waals surface area contributed by atoms with Gasteiger partial charge in [0, 0.05) is 31.9 Å². The molecule has 1 saturated heterocycles. The zero-order valence-electron chi connectivity index (χ0n) is 16.2. The number of nitrogens with one attached hydrogen (secondary N) is 1. The summed E-state index contributed by atoms with van der Waals surface area (Å²) in [7, 11) is 1.95. The summed E-state index contributed by atoms with van der Waals surface area (Å²) >= 11 is 0. The Morgan fingerprint density at radius 2 is 1.88 bits per heavy atom. The van der Waals surface area contributed by atoms with Gasteiger partial charge in [0.1, 0.15) is 0 Å². The Balaban J connectivity index is 1.66. The van der Waals surface area contributed by atoms with Gasteiger partial charge in [-0.15, -0.1) is 0 Å². The molecule has 1 aromatic heterocycles. The highest BCUT2D eigenvalue weighted by Gasteiger charge is 2.21. The molecule has 1 aromatic carbocycles. The van der Waals surface area contributed by atoms with Gasteiger partial charge in [0.2, 0.25) is 0 Å². The van der Waals surface area contributed by atoms with E-state index in [1.54, 1.807) is 4.68 Å². The number of benzene rings is 1. The molecule has 1 N–H and O–H groups in total. The third-order valence-electron chi connectivity index (χ3n) is 5.32. The Bertz CT molecular complexity index is 811. The lowest BCUT2D eigenvalue weighted by atomic mass is 10.0. The molecule has 0 amide bonds. The van der Waals surface area contributed by atoms with Crippen molar-refractivity contribution in [2.45, 2.75) is 39.3 Å². The molecule has 1 aliphatic rings. The van der Waals surface area contributed by atoms with Crippen molar-refractivity contribution in [1.29, 1.82) is 0 Å². The molecule has 0 bridgehead atoms. The Morgan fingerprint density at radius 3 is 2.50 bits per heavy atom. The number of hydrogen-bond donors (Lipinski definition) is 1. The van der Waals surface area contributed by atoms with E-state index < -0.39 is 0 Å². The van der Waals surface area contributed by atoms with Gasteiger partial charge < -0.3 is 5.32 Å². The molecular formula is C21H30N4O. The molecule has 5 heteroatoms. The first-order chi connectivity index (χ1) is 12.5. The smallest absolute Gasteiger partial charge is 0.276 e. The molecule has 26 heavy (non-hydrogen) atoms. The van der Waals surface area contributed by atoms with E-state index in [0.717, 1.165) is 49.4 Å². The van der Waals surface area contributed by atoms with E-state index >= 15 is 0 Å². The van der Waals surface area contributed by atoms with Crippen molar-refractivity contribution in [1.82, 2.24) is 19.6 Å². The largest absolute Gasteiger partial charge is 0.310 e. The highest BCUT2D eigenvalue weighted by molar-refractivity contribution is 5.33. The highest BCUT2D eigenvalue weighted by atomic mass is 16.1. The molecule has 0 radical (unpaired) electrons. The first-order valence-corrected chi connectivity index (χ1v) is 9.40. The van der Waals surface area contributed by atoms with Crippen molar-refractivity contribution in [3.05, 3.63) is 64.1 Å². The van der Waals surface area contributed by atoms with Crippen LogP contribution in [-0.4, -0.2) is 39.9 Å². The monoisotopic (exact) mass is 354 g/mol. The normalized spacial score (nSPS) is 16.1. The number of rotatable bonds is 6. The second-order valence-corrected chi connectivity index (χ2v) is 7.43. The standard InChI is InChI=1S/C21H30N4O/c1-16(2)15-24-12-10-18(11-13-24)22-14-20-17(3)23(4)25(21(20)26)19-8-6-5-7-9-19/h5-9,18,22H,1,10-15H2,2-4H3. The van der Waals surface area contributed by atoms with Gasteiger partial charge in [-0.3, -0.25) is 14.4 Å². The lowest BCUT2D eigenvalue weighted by Crippen LogP contribution is -2.43. The number of para-hydroxylation sites is 1. The summed E-state index contributed by atoms with van der Waals surface area (Å²) in [6, 6.07) is 10.3. The number of aromatic nitrogens is 2. The van der Waals surface area contributed by atoms with Gasteiger partial charge in [-0.25, -0.2) is 4.68 Å². The summed E-state index contributed by atoms with van der Waals surface area (Å²) in [5, 5.41) is 3.61. The molecule has 1 aliphatic heterocycles. The summed E-state index contributed by atoms with van der Waals surface area (Å²) in [6.07, 6.45) is 2.23. The van der Waals surface area contributed by atoms with E-state index in [9.17, 15) is 4.79 Å². The quantitative estimate of drug-likeness (QED) is 0.811. The van der Waals surface area contributed by atoms with Crippen LogP contribution in [0.1, 0.15) is 31.0 Å². The van der Waals surface area contributed by atoms with Crippen molar-refractivity contribution in [3.63, 3.8) is 0 Å². The van der Waals surface area contributed by atoms with E-state index in [2.05, 4.69) is 23.7 Å². The molecule has 0 unspecified atom stereocenters. The fraction of sp³-hybridized carbons (Fsp3) is 0.476. The summed E-state index contributed by atoms with van der Waals surface area (Å²) < 4.78 is 3.70. The number of likely N-dealkylation sites (tertiary alicyclic amines) is 1. The van der Waals surface area contributed by atoms with E-state index in [4.69, 9.17) is 0 Å². The van der Waals surface area contributed by atoms with E-state index in [-0.39, 0.29) is 5.56 Å². The number of hydrogen-bond acceptors (Lipinski definition) is 3. The van der Waals surface area contributed by atoms with Crippen molar-refractivity contribution < 1.29 is 0 Å². The predicted molar refractivity (Wildman–Crippen MR) is 107 cm³/mol. The molecule has 0 atom stereocenters. The predicted octanol–water partition coefficient (Wildman–Crippen LogP) is 2.61. The van der Waals surface area contributed by atoms with Gasteiger partial charge in [0.05, 0.1) is 11.3 Å². The topological polar surface area (TPSA) is 42.2 Å². The van der Waals surface area contributed by atoms with E-state index in [1.165, 1.54) is 5.57 Å². The van der Waals surface area contributed by atoms with Crippen molar-refractivity contribution in [2.75, 3.05) is 19.6 Å². The molecule has 5 nitrogen and oxygen atoms in total. The second kappa shape index (κ2) is 8.06. The van der Waals surface area contributed by atoms with Crippen molar-refractivity contribution in [3.8, 4) is 5.69 Å². The van der Waals surface area contributed by atoms with Gasteiger partial charge in [0.15, 0.2) is 0 Å². The molecular weight excluding hydrogens is 324 g/mol. The maximum atomic E-state index is 12.9. The maximum absolute atomic E-state index is 12.9. The Labute approximate surface area is 155 Å². The average Bonchev–Trinajstić information content (AvgIpc) is 2.84. The Morgan fingerprint density at radius 1 is 1.23 bits per heavy atom. The van der Waals surface area contributed by atoms with Gasteiger partial charge in [0.25, 0.3) is 5.56 Å². The van der Waals surface area contributed by atoms with Crippen LogP contribution >= 0.6 is 0 Å². The van der Waals surface area contributed by atoms with E-state index in [1.807, 2.05) is 49.0 Å². The van der Waals surface area contributed by atoms with Gasteiger partial charge >= 0.3 is 0 Å². The van der Waals surface area contributed by atoms with Crippen LogP contribution in [0.5, 0.6) is 0 Å². The van der Waals surface area contributed by atoms with Gasteiger partial charge in [-0.2, -0.15) is 0 Å². The Kier molecular flexibility index (Phi) is 5.79.